The molecule has 1 saturated heterocycles. The summed E-state index contributed by atoms with van der Waals surface area (Å²) in [5, 5.41) is 11.3. The predicted octanol–water partition coefficient (Wildman–Crippen LogP) is 0.0893. The average molecular weight is 223 g/mol. The third-order valence-electron chi connectivity index (χ3n) is 3.00. The molecule has 1 aromatic heterocycles. The minimum absolute atomic E-state index is 0.665. The van der Waals surface area contributed by atoms with Crippen LogP contribution in [0.5, 0.6) is 0 Å². The van der Waals surface area contributed by atoms with Crippen LogP contribution in [0.25, 0.3) is 0 Å². The van der Waals surface area contributed by atoms with Gasteiger partial charge in [-0.3, -0.25) is 4.68 Å². The molecule has 1 fully saturated rings. The van der Waals surface area contributed by atoms with Gasteiger partial charge in [0.05, 0.1) is 0 Å². The van der Waals surface area contributed by atoms with E-state index in [0.717, 1.165) is 25.3 Å². The van der Waals surface area contributed by atoms with Crippen LogP contribution in [0.2, 0.25) is 0 Å². The van der Waals surface area contributed by atoms with E-state index in [1.54, 1.807) is 11.0 Å². The lowest BCUT2D eigenvalue weighted by atomic mass is 10.1. The van der Waals surface area contributed by atoms with Crippen molar-refractivity contribution in [3.63, 3.8) is 0 Å². The maximum Gasteiger partial charge on any atom is 0.151 e. The maximum absolute atomic E-state index is 4.27. The molecule has 2 N–H and O–H groups in total. The van der Waals surface area contributed by atoms with Gasteiger partial charge in [-0.15, -0.1) is 0 Å². The van der Waals surface area contributed by atoms with Crippen LogP contribution >= 0.6 is 0 Å². The highest BCUT2D eigenvalue weighted by Crippen LogP contribution is 2.04. The van der Waals surface area contributed by atoms with E-state index >= 15 is 0 Å². The van der Waals surface area contributed by atoms with Crippen LogP contribution in [0, 0.1) is 0 Å². The zero-order valence-electron chi connectivity index (χ0n) is 9.95. The normalized spacial score (nSPS) is 21.9. The minimum atomic E-state index is 0.665. The van der Waals surface area contributed by atoms with Gasteiger partial charge in [0, 0.05) is 26.1 Å². The van der Waals surface area contributed by atoms with Gasteiger partial charge in [0.2, 0.25) is 0 Å². The predicted molar refractivity (Wildman–Crippen MR) is 63.2 cm³/mol. The monoisotopic (exact) mass is 223 g/mol. The molecule has 0 aliphatic carbocycles. The fourth-order valence-electron chi connectivity index (χ4n) is 2.11. The van der Waals surface area contributed by atoms with Gasteiger partial charge >= 0.3 is 0 Å². The molecule has 0 bridgehead atoms. The molecular formula is C11H21N5. The highest BCUT2D eigenvalue weighted by Gasteiger charge is 2.10. The Morgan fingerprint density at radius 1 is 1.50 bits per heavy atom. The van der Waals surface area contributed by atoms with Crippen molar-refractivity contribution in [3.05, 3.63) is 12.2 Å². The number of aromatic nitrogens is 3. The van der Waals surface area contributed by atoms with Crippen LogP contribution in [0.1, 0.15) is 25.1 Å². The Morgan fingerprint density at radius 2 is 2.44 bits per heavy atom. The maximum atomic E-state index is 4.27. The molecule has 1 aliphatic heterocycles. The van der Waals surface area contributed by atoms with Crippen molar-refractivity contribution in [1.82, 2.24) is 25.4 Å². The molecule has 2 rings (SSSR count). The third-order valence-corrected chi connectivity index (χ3v) is 3.00. The lowest BCUT2D eigenvalue weighted by Crippen LogP contribution is -2.31. The first-order chi connectivity index (χ1) is 7.84. The van der Waals surface area contributed by atoms with Crippen LogP contribution in [-0.4, -0.2) is 40.4 Å². The smallest absolute Gasteiger partial charge is 0.151 e. The highest BCUT2D eigenvalue weighted by atomic mass is 15.3. The quantitative estimate of drug-likeness (QED) is 0.759. The van der Waals surface area contributed by atoms with Crippen molar-refractivity contribution in [1.29, 1.82) is 0 Å². The van der Waals surface area contributed by atoms with E-state index < -0.39 is 0 Å². The summed E-state index contributed by atoms with van der Waals surface area (Å²) in [6, 6.07) is 0.665. The molecule has 0 spiro atoms. The fraction of sp³-hybridized carbons (Fsp3) is 0.818. The largest absolute Gasteiger partial charge is 0.317 e. The number of aryl methyl sites for hydroxylation is 1. The second-order valence-electron chi connectivity index (χ2n) is 4.42. The summed E-state index contributed by atoms with van der Waals surface area (Å²) in [5.41, 5.74) is 0. The van der Waals surface area contributed by atoms with Crippen LogP contribution < -0.4 is 10.6 Å². The van der Waals surface area contributed by atoms with E-state index in [1.807, 2.05) is 7.05 Å². The molecule has 0 radical (unpaired) electrons. The average Bonchev–Trinajstić information content (AvgIpc) is 2.54. The van der Waals surface area contributed by atoms with Gasteiger partial charge < -0.3 is 10.6 Å². The first-order valence-corrected chi connectivity index (χ1v) is 6.13. The van der Waals surface area contributed by atoms with Gasteiger partial charge in [-0.2, -0.15) is 5.10 Å². The molecular weight excluding hydrogens is 202 g/mol. The lowest BCUT2D eigenvalue weighted by Gasteiger charge is -2.14. The van der Waals surface area contributed by atoms with Gasteiger partial charge in [-0.1, -0.05) is 0 Å². The highest BCUT2D eigenvalue weighted by molar-refractivity contribution is 4.83. The first-order valence-electron chi connectivity index (χ1n) is 6.13. The Labute approximate surface area is 96.6 Å². The van der Waals surface area contributed by atoms with Crippen LogP contribution in [0.3, 0.4) is 0 Å². The molecule has 5 nitrogen and oxygen atoms in total. The summed E-state index contributed by atoms with van der Waals surface area (Å²) < 4.78 is 1.75. The van der Waals surface area contributed by atoms with Gasteiger partial charge in [-0.05, 0) is 32.4 Å². The summed E-state index contributed by atoms with van der Waals surface area (Å²) in [5.74, 6) is 0.932. The molecule has 0 aromatic carbocycles. The van der Waals surface area contributed by atoms with Crippen LogP contribution in [0.4, 0.5) is 0 Å². The summed E-state index contributed by atoms with van der Waals surface area (Å²) in [7, 11) is 1.90. The van der Waals surface area contributed by atoms with Crippen molar-refractivity contribution >= 4 is 0 Å². The Morgan fingerprint density at radius 3 is 3.25 bits per heavy atom. The summed E-state index contributed by atoms with van der Waals surface area (Å²) in [6.45, 7) is 3.29. The Bertz CT molecular complexity index is 301. The van der Waals surface area contributed by atoms with Crippen LogP contribution in [0.15, 0.2) is 6.33 Å². The Hall–Kier alpha value is -0.940. The van der Waals surface area contributed by atoms with E-state index in [-0.39, 0.29) is 0 Å². The number of nitrogens with one attached hydrogen (secondary N) is 2. The number of hydrogen-bond donors (Lipinski definition) is 2. The molecule has 1 aromatic rings. The molecule has 1 atom stereocenters. The second-order valence-corrected chi connectivity index (χ2v) is 4.42. The molecule has 90 valence electrons. The van der Waals surface area contributed by atoms with Gasteiger partial charge in [0.1, 0.15) is 6.33 Å². The summed E-state index contributed by atoms with van der Waals surface area (Å²) >= 11 is 0. The molecule has 16 heavy (non-hydrogen) atoms. The number of hydrogen-bond acceptors (Lipinski definition) is 4. The topological polar surface area (TPSA) is 54.8 Å². The van der Waals surface area contributed by atoms with Gasteiger partial charge in [0.15, 0.2) is 5.82 Å². The minimum Gasteiger partial charge on any atom is -0.317 e. The zero-order chi connectivity index (χ0) is 11.2. The van der Waals surface area contributed by atoms with Gasteiger partial charge in [0.25, 0.3) is 0 Å². The van der Waals surface area contributed by atoms with Crippen molar-refractivity contribution < 1.29 is 0 Å². The van der Waals surface area contributed by atoms with E-state index in [1.165, 1.54) is 25.8 Å². The molecule has 1 aliphatic rings. The van der Waals surface area contributed by atoms with E-state index in [4.69, 9.17) is 0 Å². The van der Waals surface area contributed by atoms with E-state index in [0.29, 0.717) is 6.04 Å². The SMILES string of the molecule is Cn1cnc(CCNC2CCCNCC2)n1. The zero-order valence-corrected chi connectivity index (χ0v) is 9.95. The number of rotatable bonds is 4. The molecule has 0 saturated carbocycles. The Kier molecular flexibility index (Phi) is 4.30. The van der Waals surface area contributed by atoms with E-state index in [9.17, 15) is 0 Å². The Balaban J connectivity index is 1.67. The first kappa shape index (κ1) is 11.5. The molecule has 0 amide bonds. The van der Waals surface area contributed by atoms with Crippen LogP contribution in [-0.2, 0) is 13.5 Å². The molecule has 2 heterocycles. The van der Waals surface area contributed by atoms with Gasteiger partial charge in [-0.25, -0.2) is 4.98 Å². The summed E-state index contributed by atoms with van der Waals surface area (Å²) in [6.07, 6.45) is 6.47. The van der Waals surface area contributed by atoms with Crippen molar-refractivity contribution in [2.75, 3.05) is 19.6 Å². The van der Waals surface area contributed by atoms with Crippen molar-refractivity contribution in [2.24, 2.45) is 7.05 Å². The standard InChI is InChI=1S/C11H21N5/c1-16-9-14-11(15-16)5-8-13-10-3-2-6-12-7-4-10/h9-10,12-13H,2-8H2,1H3. The lowest BCUT2D eigenvalue weighted by molar-refractivity contribution is 0.470. The second kappa shape index (κ2) is 5.96. The summed E-state index contributed by atoms with van der Waals surface area (Å²) in [4.78, 5) is 4.22. The number of nitrogens with zero attached hydrogens (tertiary/aromatic N) is 3. The van der Waals surface area contributed by atoms with Crippen molar-refractivity contribution in [2.45, 2.75) is 31.7 Å². The van der Waals surface area contributed by atoms with Crippen molar-refractivity contribution in [3.8, 4) is 0 Å². The molecule has 1 unspecified atom stereocenters. The molecule has 5 heteroatoms. The van der Waals surface area contributed by atoms with E-state index in [2.05, 4.69) is 20.7 Å². The third kappa shape index (κ3) is 3.57. The fourth-order valence-corrected chi connectivity index (χ4v) is 2.11.